The third-order valence-electron chi connectivity index (χ3n) is 2.22. The minimum absolute atomic E-state index is 0.0376. The standard InChI is InChI=1S/C11H13BrN2O4/c12-6-1-3-9(15)8(5-6)14-11(18)7(13)2-4-10(16)17/h1,3,5,7,15H,2,4,13H2,(H,14,18)(H,16,17). The molecule has 0 aliphatic carbocycles. The molecule has 0 aliphatic rings. The van der Waals surface area contributed by atoms with Crippen molar-refractivity contribution in [3.8, 4) is 5.75 Å². The van der Waals surface area contributed by atoms with E-state index in [2.05, 4.69) is 21.2 Å². The average Bonchev–Trinajstić information content (AvgIpc) is 2.30. The van der Waals surface area contributed by atoms with E-state index in [1.807, 2.05) is 0 Å². The van der Waals surface area contributed by atoms with Crippen LogP contribution in [0.5, 0.6) is 5.75 Å². The number of carbonyl (C=O) groups excluding carboxylic acids is 1. The van der Waals surface area contributed by atoms with Crippen molar-refractivity contribution in [3.05, 3.63) is 22.7 Å². The molecule has 0 spiro atoms. The number of nitrogens with two attached hydrogens (primary N) is 1. The molecule has 18 heavy (non-hydrogen) atoms. The summed E-state index contributed by atoms with van der Waals surface area (Å²) in [6, 6.07) is 3.63. The molecule has 1 amide bonds. The Kier molecular flexibility index (Phi) is 5.11. The molecule has 0 aromatic heterocycles. The van der Waals surface area contributed by atoms with E-state index < -0.39 is 17.9 Å². The molecule has 0 saturated carbocycles. The molecule has 0 fully saturated rings. The van der Waals surface area contributed by atoms with Crippen LogP contribution >= 0.6 is 15.9 Å². The number of anilines is 1. The topological polar surface area (TPSA) is 113 Å². The summed E-state index contributed by atoms with van der Waals surface area (Å²) in [6.07, 6.45) is -0.144. The second-order valence-corrected chi connectivity index (χ2v) is 4.61. The third kappa shape index (κ3) is 4.34. The zero-order valence-corrected chi connectivity index (χ0v) is 11.0. The van der Waals surface area contributed by atoms with Crippen LogP contribution in [0.3, 0.4) is 0 Å². The summed E-state index contributed by atoms with van der Waals surface area (Å²) >= 11 is 3.20. The number of rotatable bonds is 5. The molecule has 0 heterocycles. The van der Waals surface area contributed by atoms with Crippen LogP contribution in [0.15, 0.2) is 22.7 Å². The lowest BCUT2D eigenvalue weighted by Crippen LogP contribution is -2.36. The molecule has 0 radical (unpaired) electrons. The molecular formula is C11H13BrN2O4. The summed E-state index contributed by atoms with van der Waals surface area (Å²) < 4.78 is 0.690. The van der Waals surface area contributed by atoms with E-state index in [4.69, 9.17) is 10.8 Å². The van der Waals surface area contributed by atoms with Gasteiger partial charge in [0, 0.05) is 10.9 Å². The number of hydrogen-bond acceptors (Lipinski definition) is 4. The van der Waals surface area contributed by atoms with Gasteiger partial charge in [0.1, 0.15) is 5.75 Å². The van der Waals surface area contributed by atoms with Crippen molar-refractivity contribution in [1.29, 1.82) is 0 Å². The fourth-order valence-corrected chi connectivity index (χ4v) is 1.60. The van der Waals surface area contributed by atoms with Gasteiger partial charge >= 0.3 is 5.97 Å². The number of nitrogens with one attached hydrogen (secondary N) is 1. The predicted octanol–water partition coefficient (Wildman–Crippen LogP) is 1.29. The van der Waals surface area contributed by atoms with Crippen LogP contribution in [0.4, 0.5) is 5.69 Å². The Morgan fingerprint density at radius 3 is 2.72 bits per heavy atom. The number of aromatic hydroxyl groups is 1. The number of hydrogen-bond donors (Lipinski definition) is 4. The van der Waals surface area contributed by atoms with E-state index in [0.717, 1.165) is 0 Å². The van der Waals surface area contributed by atoms with Gasteiger partial charge in [-0.15, -0.1) is 0 Å². The van der Waals surface area contributed by atoms with E-state index in [1.165, 1.54) is 12.1 Å². The molecule has 1 aromatic rings. The molecule has 5 N–H and O–H groups in total. The lowest BCUT2D eigenvalue weighted by atomic mass is 10.1. The SMILES string of the molecule is NC(CCC(=O)O)C(=O)Nc1cc(Br)ccc1O. The largest absolute Gasteiger partial charge is 0.506 e. The number of phenolic OH excluding ortho intramolecular Hbond substituents is 1. The molecule has 0 aliphatic heterocycles. The number of carbonyl (C=O) groups is 2. The van der Waals surface area contributed by atoms with Crippen molar-refractivity contribution < 1.29 is 19.8 Å². The molecule has 98 valence electrons. The highest BCUT2D eigenvalue weighted by Crippen LogP contribution is 2.26. The van der Waals surface area contributed by atoms with Gasteiger partial charge in [0.15, 0.2) is 0 Å². The van der Waals surface area contributed by atoms with Crippen LogP contribution in [-0.2, 0) is 9.59 Å². The van der Waals surface area contributed by atoms with E-state index >= 15 is 0 Å². The highest BCUT2D eigenvalue weighted by molar-refractivity contribution is 9.10. The Hall–Kier alpha value is -1.60. The lowest BCUT2D eigenvalue weighted by molar-refractivity contribution is -0.137. The maximum Gasteiger partial charge on any atom is 0.303 e. The fraction of sp³-hybridized carbons (Fsp3) is 0.273. The van der Waals surface area contributed by atoms with Gasteiger partial charge in [0.2, 0.25) is 5.91 Å². The van der Waals surface area contributed by atoms with Crippen LogP contribution in [-0.4, -0.2) is 28.1 Å². The Morgan fingerprint density at radius 2 is 2.11 bits per heavy atom. The maximum atomic E-state index is 11.6. The Labute approximate surface area is 112 Å². The summed E-state index contributed by atoms with van der Waals surface area (Å²) in [5.41, 5.74) is 5.76. The predicted molar refractivity (Wildman–Crippen MR) is 69.3 cm³/mol. The van der Waals surface area contributed by atoms with Crippen molar-refractivity contribution in [2.24, 2.45) is 5.73 Å². The highest BCUT2D eigenvalue weighted by atomic mass is 79.9. The van der Waals surface area contributed by atoms with Gasteiger partial charge in [0.25, 0.3) is 0 Å². The zero-order valence-electron chi connectivity index (χ0n) is 9.39. The summed E-state index contributed by atoms with van der Waals surface area (Å²) in [7, 11) is 0. The van der Waals surface area contributed by atoms with Crippen molar-refractivity contribution in [2.75, 3.05) is 5.32 Å². The van der Waals surface area contributed by atoms with Gasteiger partial charge in [-0.2, -0.15) is 0 Å². The molecule has 7 heteroatoms. The van der Waals surface area contributed by atoms with Crippen molar-refractivity contribution in [3.63, 3.8) is 0 Å². The first kappa shape index (κ1) is 14.5. The molecule has 6 nitrogen and oxygen atoms in total. The van der Waals surface area contributed by atoms with Crippen LogP contribution in [0, 0.1) is 0 Å². The minimum atomic E-state index is -1.01. The summed E-state index contributed by atoms with van der Waals surface area (Å²) in [5, 5.41) is 20.4. The minimum Gasteiger partial charge on any atom is -0.506 e. The van der Waals surface area contributed by atoms with E-state index in [-0.39, 0.29) is 24.3 Å². The quantitative estimate of drug-likeness (QED) is 0.611. The van der Waals surface area contributed by atoms with Crippen LogP contribution in [0.1, 0.15) is 12.8 Å². The average molecular weight is 317 g/mol. The number of carboxylic acid groups (broad SMARTS) is 1. The number of carboxylic acids is 1. The van der Waals surface area contributed by atoms with Crippen LogP contribution < -0.4 is 11.1 Å². The lowest BCUT2D eigenvalue weighted by Gasteiger charge is -2.12. The number of phenols is 1. The number of amides is 1. The fourth-order valence-electron chi connectivity index (χ4n) is 1.24. The highest BCUT2D eigenvalue weighted by Gasteiger charge is 2.16. The Morgan fingerprint density at radius 1 is 1.44 bits per heavy atom. The van der Waals surface area contributed by atoms with Crippen LogP contribution in [0.25, 0.3) is 0 Å². The summed E-state index contributed by atoms with van der Waals surface area (Å²) in [6.45, 7) is 0. The van der Waals surface area contributed by atoms with Crippen LogP contribution in [0.2, 0.25) is 0 Å². The van der Waals surface area contributed by atoms with E-state index in [0.29, 0.717) is 4.47 Å². The first-order valence-corrected chi connectivity index (χ1v) is 5.96. The van der Waals surface area contributed by atoms with E-state index in [9.17, 15) is 14.7 Å². The van der Waals surface area contributed by atoms with Gasteiger partial charge in [-0.3, -0.25) is 9.59 Å². The smallest absolute Gasteiger partial charge is 0.303 e. The second-order valence-electron chi connectivity index (χ2n) is 3.69. The van der Waals surface area contributed by atoms with Gasteiger partial charge in [-0.05, 0) is 24.6 Å². The van der Waals surface area contributed by atoms with Gasteiger partial charge in [0.05, 0.1) is 11.7 Å². The number of halogens is 1. The molecular weight excluding hydrogens is 304 g/mol. The number of benzene rings is 1. The van der Waals surface area contributed by atoms with Gasteiger partial charge in [-0.25, -0.2) is 0 Å². The van der Waals surface area contributed by atoms with Crippen molar-refractivity contribution in [1.82, 2.24) is 0 Å². The number of aliphatic carboxylic acids is 1. The molecule has 1 unspecified atom stereocenters. The zero-order chi connectivity index (χ0) is 13.7. The van der Waals surface area contributed by atoms with Gasteiger partial charge < -0.3 is 21.3 Å². The van der Waals surface area contributed by atoms with Gasteiger partial charge in [-0.1, -0.05) is 15.9 Å². The van der Waals surface area contributed by atoms with Crippen molar-refractivity contribution in [2.45, 2.75) is 18.9 Å². The molecule has 0 saturated heterocycles. The first-order chi connectivity index (χ1) is 8.40. The van der Waals surface area contributed by atoms with E-state index in [1.54, 1.807) is 6.07 Å². The molecule has 1 rings (SSSR count). The normalized spacial score (nSPS) is 11.9. The summed E-state index contributed by atoms with van der Waals surface area (Å²) in [4.78, 5) is 22.0. The Balaban J connectivity index is 2.63. The molecule has 1 aromatic carbocycles. The monoisotopic (exact) mass is 316 g/mol. The maximum absolute atomic E-state index is 11.6. The van der Waals surface area contributed by atoms with Crippen molar-refractivity contribution >= 4 is 33.5 Å². The molecule has 0 bridgehead atoms. The second kappa shape index (κ2) is 6.36. The third-order valence-corrected chi connectivity index (χ3v) is 2.72. The first-order valence-electron chi connectivity index (χ1n) is 5.17. The molecule has 1 atom stereocenters. The Bertz CT molecular complexity index is 464. The summed E-state index contributed by atoms with van der Waals surface area (Å²) in [5.74, 6) is -1.63.